The van der Waals surface area contributed by atoms with Crippen molar-refractivity contribution < 1.29 is 14.3 Å². The lowest BCUT2D eigenvalue weighted by molar-refractivity contribution is -0.194. The largest absolute Gasteiger partial charge is 0.458 e. The number of rotatable bonds is 10. The summed E-state index contributed by atoms with van der Waals surface area (Å²) in [5.41, 5.74) is -0.0260. The highest BCUT2D eigenvalue weighted by Gasteiger charge is 2.54. The summed E-state index contributed by atoms with van der Waals surface area (Å²) in [5, 5.41) is 5.93. The number of amides is 1. The van der Waals surface area contributed by atoms with Gasteiger partial charge < -0.3 is 15.4 Å². The third-order valence-electron chi connectivity index (χ3n) is 7.99. The fourth-order valence-corrected chi connectivity index (χ4v) is 5.96. The summed E-state index contributed by atoms with van der Waals surface area (Å²) < 4.78 is 6.42. The topological polar surface area (TPSA) is 93.2 Å². The summed E-state index contributed by atoms with van der Waals surface area (Å²) in [6.07, 6.45) is 14.2. The molecular formula is C29H38N4O3. The third-order valence-corrected chi connectivity index (χ3v) is 7.99. The maximum atomic E-state index is 13.9. The zero-order chi connectivity index (χ0) is 25.4. The maximum Gasteiger partial charge on any atom is 0.317 e. The standard InChI is InChI=1S/C29H38N4O3/c1-3-22-19-28(2,24(22)13-16-30-21-26(34)33-25-20-31-17-18-32-25)36-27(35)29(14-9-4-5-10-15-29)23-11-7-6-8-12-23/h3,6-8,11-12,17-18,20,22,24,30H,1,4-5,9-10,13-16,19,21H2,2H3,(H,32,33,34)/t22?,24?,28-/m0/s1. The first-order valence-corrected chi connectivity index (χ1v) is 13.1. The number of nitrogens with zero attached hydrogens (tertiary/aromatic N) is 2. The molecule has 192 valence electrons. The van der Waals surface area contributed by atoms with E-state index in [9.17, 15) is 9.59 Å². The van der Waals surface area contributed by atoms with E-state index in [1.807, 2.05) is 24.3 Å². The molecule has 0 radical (unpaired) electrons. The highest BCUT2D eigenvalue weighted by atomic mass is 16.6. The van der Waals surface area contributed by atoms with E-state index in [2.05, 4.69) is 46.2 Å². The highest BCUT2D eigenvalue weighted by molar-refractivity contribution is 5.91. The first kappa shape index (κ1) is 26.0. The van der Waals surface area contributed by atoms with Gasteiger partial charge in [-0.2, -0.15) is 0 Å². The molecule has 7 heteroatoms. The lowest BCUT2D eigenvalue weighted by Gasteiger charge is -2.52. The summed E-state index contributed by atoms with van der Waals surface area (Å²) in [6, 6.07) is 10.2. The fourth-order valence-electron chi connectivity index (χ4n) is 5.96. The van der Waals surface area contributed by atoms with Gasteiger partial charge in [-0.3, -0.25) is 14.6 Å². The van der Waals surface area contributed by atoms with Crippen LogP contribution in [0.25, 0.3) is 0 Å². The van der Waals surface area contributed by atoms with Crippen molar-refractivity contribution in [1.29, 1.82) is 0 Å². The van der Waals surface area contributed by atoms with Crippen molar-refractivity contribution in [2.24, 2.45) is 11.8 Å². The third kappa shape index (κ3) is 5.84. The van der Waals surface area contributed by atoms with E-state index in [-0.39, 0.29) is 24.3 Å². The summed E-state index contributed by atoms with van der Waals surface area (Å²) in [4.78, 5) is 34.1. The van der Waals surface area contributed by atoms with Crippen molar-refractivity contribution in [2.75, 3.05) is 18.4 Å². The molecule has 2 unspecified atom stereocenters. The van der Waals surface area contributed by atoms with E-state index in [4.69, 9.17) is 4.74 Å². The quantitative estimate of drug-likeness (QED) is 0.215. The van der Waals surface area contributed by atoms with Crippen molar-refractivity contribution in [1.82, 2.24) is 15.3 Å². The minimum absolute atomic E-state index is 0.0816. The number of nitrogens with one attached hydrogen (secondary N) is 2. The first-order valence-electron chi connectivity index (χ1n) is 13.1. The monoisotopic (exact) mass is 490 g/mol. The molecule has 0 saturated heterocycles. The molecule has 2 aliphatic rings. The van der Waals surface area contributed by atoms with Crippen LogP contribution in [0.3, 0.4) is 0 Å². The van der Waals surface area contributed by atoms with Gasteiger partial charge in [-0.25, -0.2) is 4.98 Å². The van der Waals surface area contributed by atoms with Gasteiger partial charge in [0.25, 0.3) is 0 Å². The van der Waals surface area contributed by atoms with Gasteiger partial charge in [0.05, 0.1) is 18.2 Å². The Morgan fingerprint density at radius 3 is 2.56 bits per heavy atom. The Morgan fingerprint density at radius 2 is 1.89 bits per heavy atom. The number of allylic oxidation sites excluding steroid dienone is 1. The van der Waals surface area contributed by atoms with Crippen LogP contribution in [0.4, 0.5) is 5.82 Å². The Morgan fingerprint density at radius 1 is 1.14 bits per heavy atom. The highest BCUT2D eigenvalue weighted by Crippen LogP contribution is 2.51. The molecule has 7 nitrogen and oxygen atoms in total. The van der Waals surface area contributed by atoms with Crippen LogP contribution in [0.15, 0.2) is 61.6 Å². The van der Waals surface area contributed by atoms with E-state index in [1.165, 1.54) is 12.4 Å². The average Bonchev–Trinajstić information content (AvgIpc) is 3.15. The SMILES string of the molecule is C=CC1C[C@](C)(OC(=O)C2(c3ccccc3)CCCCCC2)C1CCNCC(=O)Nc1cnccn1. The van der Waals surface area contributed by atoms with Crippen molar-refractivity contribution in [3.8, 4) is 0 Å². The molecule has 1 amide bonds. The van der Waals surface area contributed by atoms with Gasteiger partial charge in [0.1, 0.15) is 5.60 Å². The molecule has 1 aromatic heterocycles. The van der Waals surface area contributed by atoms with Crippen molar-refractivity contribution in [3.63, 3.8) is 0 Å². The number of ether oxygens (including phenoxy) is 1. The predicted octanol–water partition coefficient (Wildman–Crippen LogP) is 4.81. The average molecular weight is 491 g/mol. The zero-order valence-electron chi connectivity index (χ0n) is 21.2. The van der Waals surface area contributed by atoms with Crippen LogP contribution >= 0.6 is 0 Å². The Labute approximate surface area is 214 Å². The van der Waals surface area contributed by atoms with E-state index in [0.717, 1.165) is 56.9 Å². The van der Waals surface area contributed by atoms with Crippen LogP contribution in [0.2, 0.25) is 0 Å². The van der Waals surface area contributed by atoms with E-state index >= 15 is 0 Å². The van der Waals surface area contributed by atoms with Crippen LogP contribution in [0.1, 0.15) is 63.9 Å². The molecule has 0 bridgehead atoms. The van der Waals surface area contributed by atoms with Crippen molar-refractivity contribution in [2.45, 2.75) is 69.3 Å². The van der Waals surface area contributed by atoms with Crippen molar-refractivity contribution >= 4 is 17.7 Å². The molecule has 2 saturated carbocycles. The van der Waals surface area contributed by atoms with Crippen molar-refractivity contribution in [3.05, 3.63) is 67.1 Å². The molecule has 1 aromatic carbocycles. The minimum Gasteiger partial charge on any atom is -0.458 e. The van der Waals surface area contributed by atoms with E-state index in [0.29, 0.717) is 18.3 Å². The van der Waals surface area contributed by atoms with Gasteiger partial charge in [0.15, 0.2) is 5.82 Å². The second kappa shape index (κ2) is 11.8. The Hall–Kier alpha value is -3.06. The van der Waals surface area contributed by atoms with Gasteiger partial charge in [0.2, 0.25) is 5.91 Å². The predicted molar refractivity (Wildman–Crippen MR) is 140 cm³/mol. The number of carbonyl (C=O) groups is 2. The first-order chi connectivity index (χ1) is 17.5. The number of carbonyl (C=O) groups excluding carboxylic acids is 2. The lowest BCUT2D eigenvalue weighted by atomic mass is 9.60. The number of esters is 1. The number of hydrogen-bond acceptors (Lipinski definition) is 6. The molecule has 3 atom stereocenters. The summed E-state index contributed by atoms with van der Waals surface area (Å²) >= 11 is 0. The fraction of sp³-hybridized carbons (Fsp3) is 0.517. The van der Waals surface area contributed by atoms with E-state index < -0.39 is 11.0 Å². The van der Waals surface area contributed by atoms with Gasteiger partial charge in [0, 0.05) is 18.3 Å². The number of hydrogen-bond donors (Lipinski definition) is 2. The van der Waals surface area contributed by atoms with Crippen LogP contribution < -0.4 is 10.6 Å². The Balaban J connectivity index is 1.36. The van der Waals surface area contributed by atoms with E-state index in [1.54, 1.807) is 6.20 Å². The summed E-state index contributed by atoms with van der Waals surface area (Å²) in [7, 11) is 0. The lowest BCUT2D eigenvalue weighted by Crippen LogP contribution is -2.57. The molecule has 0 aliphatic heterocycles. The summed E-state index contributed by atoms with van der Waals surface area (Å²) in [6.45, 7) is 6.88. The number of benzene rings is 1. The summed E-state index contributed by atoms with van der Waals surface area (Å²) in [5.74, 6) is 0.631. The van der Waals surface area contributed by atoms with Crippen LogP contribution in [-0.2, 0) is 19.7 Å². The number of anilines is 1. The Kier molecular flexibility index (Phi) is 8.52. The molecule has 4 rings (SSSR count). The normalized spacial score (nSPS) is 25.1. The van der Waals surface area contributed by atoms with Gasteiger partial charge in [-0.15, -0.1) is 6.58 Å². The van der Waals surface area contributed by atoms with Crippen LogP contribution in [-0.4, -0.2) is 40.5 Å². The molecular weight excluding hydrogens is 452 g/mol. The second-order valence-electron chi connectivity index (χ2n) is 10.4. The molecule has 1 heterocycles. The smallest absolute Gasteiger partial charge is 0.317 e. The second-order valence-corrected chi connectivity index (χ2v) is 10.4. The zero-order valence-corrected chi connectivity index (χ0v) is 21.2. The maximum absolute atomic E-state index is 13.9. The molecule has 36 heavy (non-hydrogen) atoms. The minimum atomic E-state index is -0.568. The van der Waals surface area contributed by atoms with Crippen LogP contribution in [0, 0.1) is 11.8 Å². The number of aromatic nitrogens is 2. The van der Waals surface area contributed by atoms with Gasteiger partial charge in [-0.05, 0) is 50.6 Å². The van der Waals surface area contributed by atoms with Gasteiger partial charge >= 0.3 is 5.97 Å². The van der Waals surface area contributed by atoms with Crippen LogP contribution in [0.5, 0.6) is 0 Å². The molecule has 0 spiro atoms. The van der Waals surface area contributed by atoms with Gasteiger partial charge in [-0.1, -0.05) is 62.1 Å². The molecule has 2 N–H and O–H groups in total. The molecule has 2 fully saturated rings. The molecule has 2 aromatic rings. The Bertz CT molecular complexity index is 1020. The molecule has 2 aliphatic carbocycles.